The maximum Gasteiger partial charge on any atom is 0.343 e. The van der Waals surface area contributed by atoms with E-state index >= 15 is 0 Å². The summed E-state index contributed by atoms with van der Waals surface area (Å²) in [6, 6.07) is 11.4. The Kier molecular flexibility index (Phi) is 5.54. The monoisotopic (exact) mass is 390 g/mol. The van der Waals surface area contributed by atoms with Gasteiger partial charge in [0.1, 0.15) is 5.75 Å². The van der Waals surface area contributed by atoms with Crippen LogP contribution in [0.15, 0.2) is 53.4 Å². The van der Waals surface area contributed by atoms with Crippen molar-refractivity contribution in [2.24, 2.45) is 5.73 Å². The van der Waals surface area contributed by atoms with Gasteiger partial charge >= 0.3 is 5.97 Å². The van der Waals surface area contributed by atoms with Crippen LogP contribution in [0, 0.1) is 0 Å². The van der Waals surface area contributed by atoms with E-state index in [1.165, 1.54) is 52.8 Å². The number of amides is 1. The SMILES string of the molecule is NC(=O)c1ccc(OC(=O)c2cccc(S(=O)(=O)N3CCOCC3)c2)cc1. The number of sulfonamides is 1. The summed E-state index contributed by atoms with van der Waals surface area (Å²) in [4.78, 5) is 23.4. The quantitative estimate of drug-likeness (QED) is 0.602. The second-order valence-electron chi connectivity index (χ2n) is 5.82. The van der Waals surface area contributed by atoms with Gasteiger partial charge in [0.05, 0.1) is 23.7 Å². The van der Waals surface area contributed by atoms with Crippen LogP contribution < -0.4 is 10.5 Å². The van der Waals surface area contributed by atoms with Gasteiger partial charge in [0.2, 0.25) is 15.9 Å². The molecule has 1 aliphatic rings. The minimum Gasteiger partial charge on any atom is -0.423 e. The lowest BCUT2D eigenvalue weighted by molar-refractivity contribution is 0.0727. The van der Waals surface area contributed by atoms with Crippen LogP contribution in [-0.4, -0.2) is 50.9 Å². The van der Waals surface area contributed by atoms with Crippen LogP contribution in [0.2, 0.25) is 0 Å². The van der Waals surface area contributed by atoms with Gasteiger partial charge in [0.15, 0.2) is 0 Å². The van der Waals surface area contributed by atoms with Crippen molar-refractivity contribution in [3.8, 4) is 5.75 Å². The molecule has 2 aromatic rings. The van der Waals surface area contributed by atoms with E-state index in [2.05, 4.69) is 0 Å². The molecule has 27 heavy (non-hydrogen) atoms. The normalized spacial score (nSPS) is 15.3. The number of carbonyl (C=O) groups excluding carboxylic acids is 2. The standard InChI is InChI=1S/C18H18N2O6S/c19-17(21)13-4-6-15(7-5-13)26-18(22)14-2-1-3-16(12-14)27(23,24)20-8-10-25-11-9-20/h1-7,12H,8-11H2,(H2,19,21). The zero-order valence-corrected chi connectivity index (χ0v) is 15.1. The van der Waals surface area contributed by atoms with E-state index < -0.39 is 21.9 Å². The van der Waals surface area contributed by atoms with Gasteiger partial charge in [-0.2, -0.15) is 4.31 Å². The molecule has 0 atom stereocenters. The Morgan fingerprint density at radius 2 is 1.67 bits per heavy atom. The summed E-state index contributed by atoms with van der Waals surface area (Å²) in [5.74, 6) is -1.08. The van der Waals surface area contributed by atoms with Gasteiger partial charge in [-0.25, -0.2) is 13.2 Å². The fraction of sp³-hybridized carbons (Fsp3) is 0.222. The number of nitrogens with two attached hydrogens (primary N) is 1. The number of nitrogens with zero attached hydrogens (tertiary/aromatic N) is 1. The smallest absolute Gasteiger partial charge is 0.343 e. The predicted octanol–water partition coefficient (Wildman–Crippen LogP) is 1.03. The van der Waals surface area contributed by atoms with E-state index in [0.717, 1.165) is 0 Å². The highest BCUT2D eigenvalue weighted by molar-refractivity contribution is 7.89. The summed E-state index contributed by atoms with van der Waals surface area (Å²) < 4.78 is 37.1. The van der Waals surface area contributed by atoms with Crippen LogP contribution >= 0.6 is 0 Å². The van der Waals surface area contributed by atoms with Crippen LogP contribution in [0.5, 0.6) is 5.75 Å². The Hall–Kier alpha value is -2.75. The third-order valence-electron chi connectivity index (χ3n) is 4.03. The molecule has 0 saturated carbocycles. The van der Waals surface area contributed by atoms with Crippen LogP contribution in [0.1, 0.15) is 20.7 Å². The van der Waals surface area contributed by atoms with Gasteiger partial charge in [0, 0.05) is 18.7 Å². The second kappa shape index (κ2) is 7.87. The second-order valence-corrected chi connectivity index (χ2v) is 7.76. The Morgan fingerprint density at radius 3 is 2.30 bits per heavy atom. The zero-order valence-electron chi connectivity index (χ0n) is 14.3. The highest BCUT2D eigenvalue weighted by atomic mass is 32.2. The fourth-order valence-electron chi connectivity index (χ4n) is 2.57. The van der Waals surface area contributed by atoms with Crippen LogP contribution in [0.4, 0.5) is 0 Å². The lowest BCUT2D eigenvalue weighted by Crippen LogP contribution is -2.40. The zero-order chi connectivity index (χ0) is 19.4. The van der Waals surface area contributed by atoms with Crippen molar-refractivity contribution >= 4 is 21.9 Å². The van der Waals surface area contributed by atoms with Crippen molar-refractivity contribution in [3.63, 3.8) is 0 Å². The van der Waals surface area contributed by atoms with Crippen molar-refractivity contribution in [1.29, 1.82) is 0 Å². The molecule has 1 fully saturated rings. The Bertz CT molecular complexity index is 950. The molecule has 3 rings (SSSR count). The van der Waals surface area contributed by atoms with Gasteiger partial charge in [-0.3, -0.25) is 4.79 Å². The van der Waals surface area contributed by atoms with Gasteiger partial charge in [-0.15, -0.1) is 0 Å². The van der Waals surface area contributed by atoms with Gasteiger partial charge in [0.25, 0.3) is 0 Å². The molecule has 1 amide bonds. The summed E-state index contributed by atoms with van der Waals surface area (Å²) >= 11 is 0. The molecular weight excluding hydrogens is 372 g/mol. The Balaban J connectivity index is 1.78. The maximum atomic E-state index is 12.7. The van der Waals surface area contributed by atoms with E-state index in [0.29, 0.717) is 13.2 Å². The summed E-state index contributed by atoms with van der Waals surface area (Å²) in [6.45, 7) is 1.21. The number of ether oxygens (including phenoxy) is 2. The predicted molar refractivity (Wildman–Crippen MR) is 95.9 cm³/mol. The number of rotatable bonds is 5. The number of benzene rings is 2. The third-order valence-corrected chi connectivity index (χ3v) is 5.92. The van der Waals surface area contributed by atoms with Crippen molar-refractivity contribution in [2.45, 2.75) is 4.90 Å². The summed E-state index contributed by atoms with van der Waals surface area (Å²) in [5, 5.41) is 0. The molecule has 2 aromatic carbocycles. The van der Waals surface area contributed by atoms with E-state index in [-0.39, 0.29) is 34.9 Å². The highest BCUT2D eigenvalue weighted by Crippen LogP contribution is 2.20. The molecule has 9 heteroatoms. The first-order valence-electron chi connectivity index (χ1n) is 8.18. The first-order chi connectivity index (χ1) is 12.9. The van der Waals surface area contributed by atoms with Crippen molar-refractivity contribution in [1.82, 2.24) is 4.31 Å². The van der Waals surface area contributed by atoms with Gasteiger partial charge in [-0.1, -0.05) is 6.07 Å². The maximum absolute atomic E-state index is 12.7. The van der Waals surface area contributed by atoms with Gasteiger partial charge < -0.3 is 15.2 Å². The molecule has 0 unspecified atom stereocenters. The topological polar surface area (TPSA) is 116 Å². The van der Waals surface area contributed by atoms with Crippen LogP contribution in [-0.2, 0) is 14.8 Å². The van der Waals surface area contributed by atoms with E-state index in [4.69, 9.17) is 15.2 Å². The van der Waals surface area contributed by atoms with Crippen molar-refractivity contribution in [2.75, 3.05) is 26.3 Å². The number of esters is 1. The molecule has 1 heterocycles. The molecular formula is C18H18N2O6S. The first-order valence-corrected chi connectivity index (χ1v) is 9.62. The number of morpholine rings is 1. The number of hydrogen-bond donors (Lipinski definition) is 1. The van der Waals surface area contributed by atoms with Crippen molar-refractivity contribution < 1.29 is 27.5 Å². The van der Waals surface area contributed by atoms with E-state index in [1.807, 2.05) is 0 Å². The number of carbonyl (C=O) groups is 2. The minimum atomic E-state index is -3.71. The molecule has 1 saturated heterocycles. The highest BCUT2D eigenvalue weighted by Gasteiger charge is 2.27. The Morgan fingerprint density at radius 1 is 1.00 bits per heavy atom. The largest absolute Gasteiger partial charge is 0.423 e. The average molecular weight is 390 g/mol. The van der Waals surface area contributed by atoms with Gasteiger partial charge in [-0.05, 0) is 42.5 Å². The Labute approximate surface area is 156 Å². The molecule has 0 bridgehead atoms. The fourth-order valence-corrected chi connectivity index (χ4v) is 4.03. The molecule has 2 N–H and O–H groups in total. The first kappa shape index (κ1) is 19.0. The summed E-state index contributed by atoms with van der Waals surface area (Å²) in [7, 11) is -3.71. The van der Waals surface area contributed by atoms with E-state index in [9.17, 15) is 18.0 Å². The molecule has 0 spiro atoms. The molecule has 142 valence electrons. The average Bonchev–Trinajstić information content (AvgIpc) is 2.69. The van der Waals surface area contributed by atoms with E-state index in [1.54, 1.807) is 0 Å². The minimum absolute atomic E-state index is 0.0166. The molecule has 0 aliphatic carbocycles. The van der Waals surface area contributed by atoms with Crippen LogP contribution in [0.3, 0.4) is 0 Å². The lowest BCUT2D eigenvalue weighted by Gasteiger charge is -2.26. The molecule has 1 aliphatic heterocycles. The van der Waals surface area contributed by atoms with Crippen LogP contribution in [0.25, 0.3) is 0 Å². The molecule has 8 nitrogen and oxygen atoms in total. The number of primary amides is 1. The lowest BCUT2D eigenvalue weighted by atomic mass is 10.2. The molecule has 0 radical (unpaired) electrons. The van der Waals surface area contributed by atoms with Crippen molar-refractivity contribution in [3.05, 3.63) is 59.7 Å². The number of hydrogen-bond acceptors (Lipinski definition) is 6. The third kappa shape index (κ3) is 4.33. The summed E-state index contributed by atoms with van der Waals surface area (Å²) in [5.41, 5.74) is 5.55. The summed E-state index contributed by atoms with van der Waals surface area (Å²) in [6.07, 6.45) is 0. The molecule has 0 aromatic heterocycles.